The molecule has 0 amide bonds. The largest absolute Gasteiger partial charge is 0.394 e. The number of nitrogens with two attached hydrogens (primary N) is 1. The van der Waals surface area contributed by atoms with E-state index >= 15 is 0 Å². The van der Waals surface area contributed by atoms with Crippen molar-refractivity contribution in [2.75, 3.05) is 12.3 Å². The summed E-state index contributed by atoms with van der Waals surface area (Å²) in [5.41, 5.74) is 5.62. The van der Waals surface area contributed by atoms with E-state index in [-0.39, 0.29) is 41.2 Å². The number of anilines is 1. The maximum Gasteiger partial charge on any atom is 0.351 e. The third-order valence-electron chi connectivity index (χ3n) is 10.5. The molecule has 4 N–H and O–H groups in total. The average Bonchev–Trinajstić information content (AvgIpc) is 3.24. The molecule has 0 saturated carbocycles. The Bertz CT molecular complexity index is 1380. The molecule has 1 saturated heterocycles. The van der Waals surface area contributed by atoms with Crippen LogP contribution in [-0.2, 0) is 22.5 Å². The number of nitrogens with zero attached hydrogens (tertiary/aromatic N) is 3. The van der Waals surface area contributed by atoms with Crippen molar-refractivity contribution in [3.05, 3.63) is 62.2 Å². The van der Waals surface area contributed by atoms with Crippen LogP contribution < -0.4 is 11.4 Å². The van der Waals surface area contributed by atoms with Gasteiger partial charge in [0.15, 0.2) is 0 Å². The standard InChI is InChI=1S/C30H50N4O7Si2/c1-28(2,3)42(7,8)26(35)24-30(37,43(9,10)29(4,5)6)17-23(41-24)33-18-21(25(31)32-27(33)36)19-40-16-15-20-13-11-12-14-22(20)34(38)39/h11-14,18,23-24,26,35,37H,15-17,19H2,1-10H3,(H2,31,32,36)/t23-,24-,26?,30-/m1/s1. The average molecular weight is 635 g/mol. The molecule has 13 heteroatoms. The van der Waals surface area contributed by atoms with Crippen molar-refractivity contribution in [3.63, 3.8) is 0 Å². The number of ether oxygens (including phenoxy) is 2. The Morgan fingerprint density at radius 3 is 2.33 bits per heavy atom. The number of nitrogen functional groups attached to an aromatic ring is 1. The third kappa shape index (κ3) is 6.66. The van der Waals surface area contributed by atoms with Crippen molar-refractivity contribution in [1.82, 2.24) is 9.55 Å². The minimum Gasteiger partial charge on any atom is -0.394 e. The van der Waals surface area contributed by atoms with Crippen molar-refractivity contribution in [1.29, 1.82) is 0 Å². The van der Waals surface area contributed by atoms with Gasteiger partial charge in [0.05, 0.1) is 45.2 Å². The Kier molecular flexibility index (Phi) is 9.92. The van der Waals surface area contributed by atoms with Crippen LogP contribution >= 0.6 is 0 Å². The predicted octanol–water partition coefficient (Wildman–Crippen LogP) is 4.97. The lowest BCUT2D eigenvalue weighted by molar-refractivity contribution is -0.385. The summed E-state index contributed by atoms with van der Waals surface area (Å²) in [7, 11) is -5.01. The summed E-state index contributed by atoms with van der Waals surface area (Å²) < 4.78 is 13.7. The number of rotatable bonds is 10. The van der Waals surface area contributed by atoms with Crippen LogP contribution in [0.1, 0.15) is 65.3 Å². The van der Waals surface area contributed by atoms with Gasteiger partial charge in [-0.1, -0.05) is 85.9 Å². The van der Waals surface area contributed by atoms with E-state index in [1.54, 1.807) is 24.4 Å². The van der Waals surface area contributed by atoms with Crippen LogP contribution in [0.3, 0.4) is 0 Å². The predicted molar refractivity (Wildman–Crippen MR) is 173 cm³/mol. The molecule has 1 aromatic carbocycles. The van der Waals surface area contributed by atoms with Crippen molar-refractivity contribution in [2.45, 2.75) is 121 Å². The van der Waals surface area contributed by atoms with E-state index in [1.807, 2.05) is 0 Å². The number of hydrogen-bond donors (Lipinski definition) is 3. The Hall–Kier alpha value is -2.43. The third-order valence-corrected chi connectivity index (χ3v) is 22.6. The number of benzene rings is 1. The highest BCUT2D eigenvalue weighted by molar-refractivity contribution is 6.84. The minimum absolute atomic E-state index is 0.0162. The summed E-state index contributed by atoms with van der Waals surface area (Å²) in [6, 6.07) is 6.50. The molecule has 240 valence electrons. The number of para-hydroxylation sites is 1. The fourth-order valence-electron chi connectivity index (χ4n) is 5.40. The lowest BCUT2D eigenvalue weighted by Crippen LogP contribution is -2.69. The Morgan fingerprint density at radius 2 is 1.77 bits per heavy atom. The van der Waals surface area contributed by atoms with Gasteiger partial charge in [-0.25, -0.2) is 4.79 Å². The highest BCUT2D eigenvalue weighted by Crippen LogP contribution is 2.54. The number of nitro groups is 1. The molecule has 4 atom stereocenters. The molecule has 1 fully saturated rings. The van der Waals surface area contributed by atoms with E-state index in [9.17, 15) is 25.1 Å². The molecule has 0 radical (unpaired) electrons. The van der Waals surface area contributed by atoms with E-state index in [2.05, 4.69) is 72.7 Å². The van der Waals surface area contributed by atoms with E-state index < -0.39 is 50.0 Å². The molecule has 1 aromatic heterocycles. The molecule has 3 rings (SSSR count). The van der Waals surface area contributed by atoms with Crippen LogP contribution in [0.25, 0.3) is 0 Å². The fraction of sp³-hybridized carbons (Fsp3) is 0.667. The summed E-state index contributed by atoms with van der Waals surface area (Å²) >= 11 is 0. The van der Waals surface area contributed by atoms with Crippen LogP contribution in [0.15, 0.2) is 35.3 Å². The number of aliphatic hydroxyl groups excluding tert-OH is 1. The summed E-state index contributed by atoms with van der Waals surface area (Å²) in [6.07, 6.45) is 0.249. The fourth-order valence-corrected chi connectivity index (χ4v) is 10.5. The van der Waals surface area contributed by atoms with Crippen molar-refractivity contribution >= 4 is 27.7 Å². The summed E-state index contributed by atoms with van der Waals surface area (Å²) in [6.45, 7) is 21.3. The second-order valence-electron chi connectivity index (χ2n) is 15.0. The number of nitro benzene ring substituents is 1. The Balaban J connectivity index is 1.92. The smallest absolute Gasteiger partial charge is 0.351 e. The van der Waals surface area contributed by atoms with Gasteiger partial charge in [0.25, 0.3) is 5.69 Å². The molecule has 0 spiro atoms. The van der Waals surface area contributed by atoms with Gasteiger partial charge in [0.2, 0.25) is 0 Å². The van der Waals surface area contributed by atoms with Gasteiger partial charge in [-0.2, -0.15) is 4.98 Å². The first-order valence-electron chi connectivity index (χ1n) is 14.8. The van der Waals surface area contributed by atoms with Crippen LogP contribution in [-0.4, -0.2) is 64.5 Å². The highest BCUT2D eigenvalue weighted by Gasteiger charge is 2.65. The summed E-state index contributed by atoms with van der Waals surface area (Å²) in [4.78, 5) is 28.1. The number of aliphatic hydroxyl groups is 2. The first kappa shape index (κ1) is 35.1. The van der Waals surface area contributed by atoms with E-state index in [0.717, 1.165) is 0 Å². The van der Waals surface area contributed by atoms with Gasteiger partial charge in [0, 0.05) is 36.2 Å². The topological polar surface area (TPSA) is 163 Å². The van der Waals surface area contributed by atoms with Gasteiger partial charge in [-0.05, 0) is 10.1 Å². The monoisotopic (exact) mass is 634 g/mol. The highest BCUT2D eigenvalue weighted by atomic mass is 28.3. The lowest BCUT2D eigenvalue weighted by Gasteiger charge is -2.52. The first-order chi connectivity index (χ1) is 19.6. The summed E-state index contributed by atoms with van der Waals surface area (Å²) in [5, 5.41) is 34.0. The zero-order valence-corrected chi connectivity index (χ0v) is 29.3. The van der Waals surface area contributed by atoms with Gasteiger partial charge >= 0.3 is 5.69 Å². The zero-order chi connectivity index (χ0) is 32.8. The maximum absolute atomic E-state index is 13.1. The Morgan fingerprint density at radius 1 is 1.16 bits per heavy atom. The molecule has 0 aliphatic carbocycles. The van der Waals surface area contributed by atoms with Gasteiger partial charge in [0.1, 0.15) is 18.1 Å². The van der Waals surface area contributed by atoms with Crippen molar-refractivity contribution in [2.24, 2.45) is 0 Å². The Labute approximate surface area is 256 Å². The molecule has 1 unspecified atom stereocenters. The molecular weight excluding hydrogens is 585 g/mol. The molecule has 43 heavy (non-hydrogen) atoms. The molecule has 1 aliphatic rings. The first-order valence-corrected chi connectivity index (χ1v) is 20.9. The quantitative estimate of drug-likeness (QED) is 0.142. The minimum atomic E-state index is -2.59. The molecule has 0 bridgehead atoms. The molecule has 11 nitrogen and oxygen atoms in total. The lowest BCUT2D eigenvalue weighted by atomic mass is 10.1. The van der Waals surface area contributed by atoms with Crippen LogP contribution in [0.5, 0.6) is 0 Å². The maximum atomic E-state index is 13.1. The molecular formula is C30H50N4O7Si2. The van der Waals surface area contributed by atoms with Gasteiger partial charge < -0.3 is 25.4 Å². The molecule has 2 aromatic rings. The van der Waals surface area contributed by atoms with E-state index in [4.69, 9.17) is 15.2 Å². The number of aromatic nitrogens is 2. The normalized spacial score (nSPS) is 22.5. The van der Waals surface area contributed by atoms with Crippen LogP contribution in [0.4, 0.5) is 11.5 Å². The van der Waals surface area contributed by atoms with E-state index in [1.165, 1.54) is 10.6 Å². The number of hydrogen-bond acceptors (Lipinski definition) is 9. The molecule has 2 heterocycles. The second-order valence-corrected chi connectivity index (χ2v) is 26.1. The van der Waals surface area contributed by atoms with E-state index in [0.29, 0.717) is 17.5 Å². The van der Waals surface area contributed by atoms with Crippen LogP contribution in [0.2, 0.25) is 36.3 Å². The molecule has 1 aliphatic heterocycles. The van der Waals surface area contributed by atoms with Crippen molar-refractivity contribution in [3.8, 4) is 0 Å². The SMILES string of the molecule is CC(C)(C)[Si](C)(C)C(O)[C@H]1O[C@@H](n2cc(COCCc3ccccc3[N+](=O)[O-])c(N)nc2=O)C[C@@]1(O)[Si](C)(C)C(C)(C)C. The van der Waals surface area contributed by atoms with Crippen molar-refractivity contribution < 1.29 is 24.6 Å². The van der Waals surface area contributed by atoms with Crippen LogP contribution in [0, 0.1) is 10.1 Å². The summed E-state index contributed by atoms with van der Waals surface area (Å²) in [5.74, 6) is 0.0162. The van der Waals surface area contributed by atoms with Gasteiger partial charge in [-0.15, -0.1) is 0 Å². The zero-order valence-electron chi connectivity index (χ0n) is 27.3. The van der Waals surface area contributed by atoms with Gasteiger partial charge in [-0.3, -0.25) is 14.7 Å². The second kappa shape index (κ2) is 12.2.